The molecule has 1 aliphatic heterocycles. The molecule has 0 bridgehead atoms. The number of nitrogens with two attached hydrogens (primary N) is 1. The Morgan fingerprint density at radius 1 is 1.41 bits per heavy atom. The van der Waals surface area contributed by atoms with Crippen molar-refractivity contribution in [2.45, 2.75) is 18.4 Å². The molecule has 4 N–H and O–H groups in total. The molecule has 1 aromatic carbocycles. The fourth-order valence-electron chi connectivity index (χ4n) is 2.77. The highest BCUT2D eigenvalue weighted by Crippen LogP contribution is 2.19. The van der Waals surface area contributed by atoms with Crippen molar-refractivity contribution in [3.05, 3.63) is 48.2 Å². The van der Waals surface area contributed by atoms with Crippen molar-refractivity contribution in [2.75, 3.05) is 25.0 Å². The first-order chi connectivity index (χ1) is 10.8. The van der Waals surface area contributed by atoms with Gasteiger partial charge in [0.05, 0.1) is 12.0 Å². The Kier molecular flexibility index (Phi) is 4.50. The molecule has 1 fully saturated rings. The molecule has 2 aromatic rings. The normalized spacial score (nSPS) is 19.0. The van der Waals surface area contributed by atoms with E-state index in [2.05, 4.69) is 15.7 Å². The van der Waals surface area contributed by atoms with Gasteiger partial charge in [-0.1, -0.05) is 30.3 Å². The van der Waals surface area contributed by atoms with E-state index in [1.165, 1.54) is 0 Å². The number of benzene rings is 1. The van der Waals surface area contributed by atoms with Crippen LogP contribution in [0.3, 0.4) is 0 Å². The van der Waals surface area contributed by atoms with Crippen LogP contribution in [0.25, 0.3) is 0 Å². The lowest BCUT2D eigenvalue weighted by molar-refractivity contribution is -0.117. The molecule has 0 spiro atoms. The molecule has 0 radical (unpaired) electrons. The molecule has 116 valence electrons. The Morgan fingerprint density at radius 2 is 2.23 bits per heavy atom. The molecule has 1 aliphatic rings. The fraction of sp³-hybridized carbons (Fsp3) is 0.375. The molecule has 1 saturated heterocycles. The molecular weight excluding hydrogens is 278 g/mol. The van der Waals surface area contributed by atoms with Gasteiger partial charge in [0.2, 0.25) is 5.91 Å². The Balaban J connectivity index is 1.68. The van der Waals surface area contributed by atoms with Gasteiger partial charge in [-0.25, -0.2) is 0 Å². The van der Waals surface area contributed by atoms with Crippen LogP contribution in [0.15, 0.2) is 42.6 Å². The molecule has 0 aliphatic carbocycles. The van der Waals surface area contributed by atoms with Crippen molar-refractivity contribution in [1.29, 1.82) is 0 Å². The van der Waals surface area contributed by atoms with Gasteiger partial charge < -0.3 is 16.4 Å². The Hall–Kier alpha value is -2.18. The van der Waals surface area contributed by atoms with E-state index in [1.807, 2.05) is 47.3 Å². The number of nitrogens with zero attached hydrogens (tertiary/aromatic N) is 2. The standard InChI is InChI=1S/C16H21N5O/c17-10-14(12-4-2-1-3-5-12)16(22)19-15-7-9-21(20-15)13-6-8-18-11-13/h1-5,7,9,13-14,18H,6,8,10-11,17H2,(H,19,20,22)/t13-,14+/m0/s1. The lowest BCUT2D eigenvalue weighted by Gasteiger charge is -2.14. The first-order valence-electron chi connectivity index (χ1n) is 7.59. The van der Waals surface area contributed by atoms with Gasteiger partial charge in [-0.2, -0.15) is 5.10 Å². The zero-order valence-corrected chi connectivity index (χ0v) is 12.4. The maximum atomic E-state index is 12.4. The molecule has 1 aromatic heterocycles. The maximum absolute atomic E-state index is 12.4. The minimum absolute atomic E-state index is 0.122. The van der Waals surface area contributed by atoms with E-state index in [0.29, 0.717) is 11.9 Å². The second-order valence-corrected chi connectivity index (χ2v) is 5.52. The molecule has 6 heteroatoms. The van der Waals surface area contributed by atoms with Crippen LogP contribution < -0.4 is 16.4 Å². The zero-order valence-electron chi connectivity index (χ0n) is 12.4. The Bertz CT molecular complexity index is 618. The van der Waals surface area contributed by atoms with Crippen LogP contribution in [0.2, 0.25) is 0 Å². The fourth-order valence-corrected chi connectivity index (χ4v) is 2.77. The molecule has 0 saturated carbocycles. The quantitative estimate of drug-likeness (QED) is 0.772. The highest BCUT2D eigenvalue weighted by Gasteiger charge is 2.21. The van der Waals surface area contributed by atoms with E-state index < -0.39 is 0 Å². The summed E-state index contributed by atoms with van der Waals surface area (Å²) in [6.07, 6.45) is 2.97. The van der Waals surface area contributed by atoms with Gasteiger partial charge in [0.25, 0.3) is 0 Å². The van der Waals surface area contributed by atoms with Crippen molar-refractivity contribution in [2.24, 2.45) is 5.73 Å². The van der Waals surface area contributed by atoms with Crippen LogP contribution >= 0.6 is 0 Å². The van der Waals surface area contributed by atoms with Crippen LogP contribution in [0, 0.1) is 0 Å². The van der Waals surface area contributed by atoms with Gasteiger partial charge in [0, 0.05) is 25.4 Å². The number of aromatic nitrogens is 2. The monoisotopic (exact) mass is 299 g/mol. The number of anilines is 1. The lowest BCUT2D eigenvalue weighted by Crippen LogP contribution is -2.27. The molecule has 3 rings (SSSR count). The van der Waals surface area contributed by atoms with Crippen LogP contribution in [0.5, 0.6) is 0 Å². The second kappa shape index (κ2) is 6.72. The number of amides is 1. The topological polar surface area (TPSA) is 85.0 Å². The van der Waals surface area contributed by atoms with Gasteiger partial charge in [0.1, 0.15) is 0 Å². The minimum atomic E-state index is -0.362. The Morgan fingerprint density at radius 3 is 2.91 bits per heavy atom. The summed E-state index contributed by atoms with van der Waals surface area (Å²) in [7, 11) is 0. The van der Waals surface area contributed by atoms with Crippen LogP contribution in [-0.4, -0.2) is 35.3 Å². The van der Waals surface area contributed by atoms with Crippen molar-refractivity contribution in [3.63, 3.8) is 0 Å². The van der Waals surface area contributed by atoms with Gasteiger partial charge in [0.15, 0.2) is 5.82 Å². The first-order valence-corrected chi connectivity index (χ1v) is 7.59. The average molecular weight is 299 g/mol. The van der Waals surface area contributed by atoms with E-state index in [1.54, 1.807) is 0 Å². The summed E-state index contributed by atoms with van der Waals surface area (Å²) >= 11 is 0. The van der Waals surface area contributed by atoms with Crippen LogP contribution in [0.4, 0.5) is 5.82 Å². The molecule has 2 atom stereocenters. The summed E-state index contributed by atoms with van der Waals surface area (Å²) in [5.74, 6) is 0.0919. The van der Waals surface area contributed by atoms with Crippen molar-refractivity contribution < 1.29 is 4.79 Å². The Labute approximate surface area is 129 Å². The van der Waals surface area contributed by atoms with Crippen molar-refractivity contribution >= 4 is 11.7 Å². The smallest absolute Gasteiger partial charge is 0.234 e. The number of hydrogen-bond acceptors (Lipinski definition) is 4. The van der Waals surface area contributed by atoms with Crippen LogP contribution in [-0.2, 0) is 4.79 Å². The van der Waals surface area contributed by atoms with E-state index in [9.17, 15) is 4.79 Å². The summed E-state index contributed by atoms with van der Waals surface area (Å²) in [6, 6.07) is 11.8. The summed E-state index contributed by atoms with van der Waals surface area (Å²) in [6.45, 7) is 2.20. The highest BCUT2D eigenvalue weighted by molar-refractivity contribution is 5.95. The van der Waals surface area contributed by atoms with E-state index >= 15 is 0 Å². The van der Waals surface area contributed by atoms with Crippen molar-refractivity contribution in [1.82, 2.24) is 15.1 Å². The van der Waals surface area contributed by atoms with E-state index in [4.69, 9.17) is 5.73 Å². The number of nitrogens with one attached hydrogen (secondary N) is 2. The number of carbonyl (C=O) groups is 1. The van der Waals surface area contributed by atoms with Crippen molar-refractivity contribution in [3.8, 4) is 0 Å². The molecule has 22 heavy (non-hydrogen) atoms. The summed E-state index contributed by atoms with van der Waals surface area (Å²) in [5.41, 5.74) is 6.69. The predicted molar refractivity (Wildman–Crippen MR) is 85.6 cm³/mol. The molecule has 2 heterocycles. The summed E-state index contributed by atoms with van der Waals surface area (Å²) in [5, 5.41) is 10.6. The largest absolute Gasteiger partial charge is 0.329 e. The van der Waals surface area contributed by atoms with E-state index in [-0.39, 0.29) is 18.4 Å². The third kappa shape index (κ3) is 3.18. The SMILES string of the molecule is NC[C@@H](C(=O)Nc1ccn([C@H]2CCNC2)n1)c1ccccc1. The zero-order chi connectivity index (χ0) is 15.4. The summed E-state index contributed by atoms with van der Waals surface area (Å²) in [4.78, 5) is 12.4. The third-order valence-electron chi connectivity index (χ3n) is 4.02. The number of carbonyl (C=O) groups excluding carboxylic acids is 1. The van der Waals surface area contributed by atoms with Gasteiger partial charge in [-0.3, -0.25) is 9.48 Å². The summed E-state index contributed by atoms with van der Waals surface area (Å²) < 4.78 is 1.91. The minimum Gasteiger partial charge on any atom is -0.329 e. The molecule has 0 unspecified atom stereocenters. The van der Waals surface area contributed by atoms with E-state index in [0.717, 1.165) is 25.1 Å². The second-order valence-electron chi connectivity index (χ2n) is 5.52. The number of rotatable bonds is 5. The lowest BCUT2D eigenvalue weighted by atomic mass is 9.98. The van der Waals surface area contributed by atoms with Crippen LogP contribution in [0.1, 0.15) is 23.9 Å². The first kappa shape index (κ1) is 14.7. The molecule has 1 amide bonds. The third-order valence-corrected chi connectivity index (χ3v) is 4.02. The van der Waals surface area contributed by atoms with Gasteiger partial charge >= 0.3 is 0 Å². The average Bonchev–Trinajstić information content (AvgIpc) is 3.20. The molecule has 6 nitrogen and oxygen atoms in total. The number of hydrogen-bond donors (Lipinski definition) is 3. The predicted octanol–water partition coefficient (Wildman–Crippen LogP) is 1.10. The van der Waals surface area contributed by atoms with Gasteiger partial charge in [-0.15, -0.1) is 0 Å². The molecular formula is C16H21N5O. The highest BCUT2D eigenvalue weighted by atomic mass is 16.2. The van der Waals surface area contributed by atoms with Gasteiger partial charge in [-0.05, 0) is 18.5 Å². The maximum Gasteiger partial charge on any atom is 0.234 e.